The lowest BCUT2D eigenvalue weighted by Gasteiger charge is -2.09. The third kappa shape index (κ3) is 3.94. The summed E-state index contributed by atoms with van der Waals surface area (Å²) in [6.07, 6.45) is 0. The number of hydrogen-bond acceptors (Lipinski definition) is 0. The first-order valence-electron chi connectivity index (χ1n) is 8.83. The molecule has 0 radical (unpaired) electrons. The Morgan fingerprint density at radius 1 is 0.448 bits per heavy atom. The Morgan fingerprint density at radius 2 is 0.862 bits per heavy atom. The van der Waals surface area contributed by atoms with E-state index in [0.717, 1.165) is 34.1 Å². The third-order valence-electron chi connectivity index (χ3n) is 4.73. The molecule has 0 spiro atoms. The summed E-state index contributed by atoms with van der Waals surface area (Å²) in [7, 11) is 2.64. The van der Waals surface area contributed by atoms with Crippen LogP contribution in [0.4, 0.5) is 17.6 Å². The summed E-state index contributed by atoms with van der Waals surface area (Å²) < 4.78 is 54.7. The first kappa shape index (κ1) is 19.4. The van der Waals surface area contributed by atoms with Crippen LogP contribution in [0.25, 0.3) is 33.4 Å². The van der Waals surface area contributed by atoms with Gasteiger partial charge in [-0.3, -0.25) is 0 Å². The maximum absolute atomic E-state index is 14.6. The van der Waals surface area contributed by atoms with E-state index in [9.17, 15) is 17.6 Å². The molecule has 4 aromatic carbocycles. The molecule has 1 atom stereocenters. The Kier molecular flexibility index (Phi) is 5.21. The third-order valence-corrected chi connectivity index (χ3v) is 5.11. The van der Waals surface area contributed by atoms with Gasteiger partial charge in [0.05, 0.1) is 0 Å². The molecule has 0 heterocycles. The van der Waals surface area contributed by atoms with Crippen molar-refractivity contribution in [2.75, 3.05) is 0 Å². The predicted molar refractivity (Wildman–Crippen MR) is 112 cm³/mol. The Morgan fingerprint density at radius 3 is 1.38 bits per heavy atom. The molecule has 0 aliphatic rings. The van der Waals surface area contributed by atoms with Gasteiger partial charge < -0.3 is 0 Å². The van der Waals surface area contributed by atoms with Gasteiger partial charge in [-0.25, -0.2) is 17.6 Å². The summed E-state index contributed by atoms with van der Waals surface area (Å²) in [6, 6.07) is 21.7. The highest BCUT2D eigenvalue weighted by molar-refractivity contribution is 7.27. The quantitative estimate of drug-likeness (QED) is 0.199. The minimum Gasteiger partial charge on any atom is -0.206 e. The lowest BCUT2D eigenvalue weighted by Crippen LogP contribution is -1.94. The first-order chi connectivity index (χ1) is 13.9. The van der Waals surface area contributed by atoms with E-state index in [1.807, 2.05) is 48.5 Å². The molecule has 1 unspecified atom stereocenters. The number of halogens is 4. The standard InChI is InChI=1S/C24H15F4P/c25-21-11-17(7-10-20(21)18-12-22(26)24(28)23(27)13-18)16-3-1-14(2-4-16)15-5-8-19(29)9-6-15/h1-13H,29H2. The van der Waals surface area contributed by atoms with Crippen LogP contribution in [0.15, 0.2) is 78.9 Å². The van der Waals surface area contributed by atoms with Crippen LogP contribution in [0.3, 0.4) is 0 Å². The zero-order valence-corrected chi connectivity index (χ0v) is 16.2. The molecule has 4 aromatic rings. The van der Waals surface area contributed by atoms with Gasteiger partial charge in [0.25, 0.3) is 0 Å². The van der Waals surface area contributed by atoms with E-state index in [2.05, 4.69) is 9.24 Å². The molecular formula is C24H15F4P. The molecule has 0 saturated heterocycles. The topological polar surface area (TPSA) is 0 Å². The molecule has 0 bridgehead atoms. The second-order valence-electron chi connectivity index (χ2n) is 6.65. The fourth-order valence-corrected chi connectivity index (χ4v) is 3.36. The SMILES string of the molecule is Fc1cc(-c2ccc(-c3ccc(P)cc3)cc2)ccc1-c1cc(F)c(F)c(F)c1. The van der Waals surface area contributed by atoms with Gasteiger partial charge in [0.15, 0.2) is 17.5 Å². The van der Waals surface area contributed by atoms with Crippen molar-refractivity contribution < 1.29 is 17.6 Å². The summed E-state index contributed by atoms with van der Waals surface area (Å²) in [5, 5.41) is 1.10. The average Bonchev–Trinajstić information content (AvgIpc) is 2.72. The molecule has 0 fully saturated rings. The van der Waals surface area contributed by atoms with E-state index >= 15 is 0 Å². The van der Waals surface area contributed by atoms with Crippen LogP contribution in [0.1, 0.15) is 0 Å². The van der Waals surface area contributed by atoms with Crippen molar-refractivity contribution in [1.82, 2.24) is 0 Å². The van der Waals surface area contributed by atoms with Crippen molar-refractivity contribution in [2.24, 2.45) is 0 Å². The Balaban J connectivity index is 1.65. The predicted octanol–water partition coefficient (Wildman–Crippen LogP) is 6.74. The summed E-state index contributed by atoms with van der Waals surface area (Å²) in [5.74, 6) is -4.92. The highest BCUT2D eigenvalue weighted by atomic mass is 31.0. The van der Waals surface area contributed by atoms with Crippen molar-refractivity contribution in [2.45, 2.75) is 0 Å². The number of hydrogen-bond donors (Lipinski definition) is 0. The van der Waals surface area contributed by atoms with Gasteiger partial charge in [0.1, 0.15) is 5.82 Å². The second-order valence-corrected chi connectivity index (χ2v) is 7.31. The minimum atomic E-state index is -1.57. The van der Waals surface area contributed by atoms with Crippen molar-refractivity contribution in [3.05, 3.63) is 102 Å². The van der Waals surface area contributed by atoms with Gasteiger partial charge >= 0.3 is 0 Å². The molecular weight excluding hydrogens is 395 g/mol. The summed E-state index contributed by atoms with van der Waals surface area (Å²) in [4.78, 5) is 0. The molecule has 0 aliphatic carbocycles. The molecule has 0 aliphatic heterocycles. The molecule has 144 valence electrons. The van der Waals surface area contributed by atoms with E-state index in [1.54, 1.807) is 6.07 Å². The van der Waals surface area contributed by atoms with Crippen LogP contribution in [0, 0.1) is 23.3 Å². The van der Waals surface area contributed by atoms with Crippen LogP contribution in [-0.2, 0) is 0 Å². The zero-order valence-electron chi connectivity index (χ0n) is 15.1. The lowest BCUT2D eigenvalue weighted by molar-refractivity contribution is 0.447. The lowest BCUT2D eigenvalue weighted by atomic mass is 9.97. The van der Waals surface area contributed by atoms with Crippen molar-refractivity contribution in [3.63, 3.8) is 0 Å². The molecule has 0 nitrogen and oxygen atoms in total. The molecule has 0 amide bonds. The molecule has 5 heteroatoms. The van der Waals surface area contributed by atoms with Gasteiger partial charge in [0, 0.05) is 5.56 Å². The molecule has 29 heavy (non-hydrogen) atoms. The van der Waals surface area contributed by atoms with Crippen LogP contribution in [-0.4, -0.2) is 0 Å². The summed E-state index contributed by atoms with van der Waals surface area (Å²) in [6.45, 7) is 0. The largest absolute Gasteiger partial charge is 0.206 e. The Bertz CT molecular complexity index is 1160. The van der Waals surface area contributed by atoms with Gasteiger partial charge in [-0.2, -0.15) is 0 Å². The normalized spacial score (nSPS) is 10.9. The molecule has 0 saturated carbocycles. The van der Waals surface area contributed by atoms with Crippen molar-refractivity contribution in [3.8, 4) is 33.4 Å². The summed E-state index contributed by atoms with van der Waals surface area (Å²) in [5.41, 5.74) is 3.48. The van der Waals surface area contributed by atoms with Gasteiger partial charge in [0.2, 0.25) is 0 Å². The van der Waals surface area contributed by atoms with Crippen LogP contribution in [0.2, 0.25) is 0 Å². The molecule has 0 aromatic heterocycles. The number of rotatable bonds is 3. The first-order valence-corrected chi connectivity index (χ1v) is 9.41. The van der Waals surface area contributed by atoms with E-state index in [1.165, 1.54) is 12.1 Å². The van der Waals surface area contributed by atoms with Crippen LogP contribution in [0.5, 0.6) is 0 Å². The minimum absolute atomic E-state index is 0.000644. The second kappa shape index (κ2) is 7.81. The van der Waals surface area contributed by atoms with Crippen LogP contribution < -0.4 is 5.30 Å². The maximum Gasteiger partial charge on any atom is 0.194 e. The Hall–Kier alpha value is -2.97. The van der Waals surface area contributed by atoms with Gasteiger partial charge in [-0.05, 0) is 51.3 Å². The van der Waals surface area contributed by atoms with E-state index in [0.29, 0.717) is 5.56 Å². The van der Waals surface area contributed by atoms with Gasteiger partial charge in [-0.15, -0.1) is 9.24 Å². The summed E-state index contributed by atoms with van der Waals surface area (Å²) >= 11 is 0. The van der Waals surface area contributed by atoms with Crippen LogP contribution >= 0.6 is 9.24 Å². The van der Waals surface area contributed by atoms with Crippen molar-refractivity contribution >= 4 is 14.5 Å². The van der Waals surface area contributed by atoms with E-state index in [4.69, 9.17) is 0 Å². The van der Waals surface area contributed by atoms with Crippen molar-refractivity contribution in [1.29, 1.82) is 0 Å². The van der Waals surface area contributed by atoms with Gasteiger partial charge in [-0.1, -0.05) is 60.7 Å². The fraction of sp³-hybridized carbons (Fsp3) is 0. The average molecular weight is 410 g/mol. The smallest absolute Gasteiger partial charge is 0.194 e. The number of benzene rings is 4. The Labute approximate surface area is 168 Å². The zero-order chi connectivity index (χ0) is 20.5. The molecule has 0 N–H and O–H groups in total. The monoisotopic (exact) mass is 410 g/mol. The highest BCUT2D eigenvalue weighted by Gasteiger charge is 2.14. The highest BCUT2D eigenvalue weighted by Crippen LogP contribution is 2.31. The van der Waals surface area contributed by atoms with E-state index < -0.39 is 23.3 Å². The molecule has 4 rings (SSSR count). The van der Waals surface area contributed by atoms with E-state index in [-0.39, 0.29) is 11.1 Å². The fourth-order valence-electron chi connectivity index (χ4n) is 3.17. The maximum atomic E-state index is 14.6.